The molecule has 0 aromatic rings. The number of hydrogen-bond acceptors (Lipinski definition) is 1. The zero-order chi connectivity index (χ0) is 25.1. The zero-order valence-electron chi connectivity index (χ0n) is 25.0. The monoisotopic (exact) mass is 472 g/mol. The highest BCUT2D eigenvalue weighted by Crippen LogP contribution is 2.36. The summed E-state index contributed by atoms with van der Waals surface area (Å²) in [7, 11) is 2.22. The van der Waals surface area contributed by atoms with Gasteiger partial charge in [-0.05, 0) is 72.9 Å². The SMILES string of the molecule is C.C.CC(C)(C)C.CC(C)(C)CC1CCC1.CCC(C)(C)C.CN1CCC(C(C)(C)C)CC1. The average Bonchev–Trinajstić information content (AvgIpc) is 2.49. The van der Waals surface area contributed by atoms with Gasteiger partial charge >= 0.3 is 0 Å². The molecule has 0 N–H and O–H groups in total. The predicted molar refractivity (Wildman–Crippen MR) is 159 cm³/mol. The summed E-state index contributed by atoms with van der Waals surface area (Å²) >= 11 is 0. The van der Waals surface area contributed by atoms with Crippen molar-refractivity contribution in [3.63, 3.8) is 0 Å². The van der Waals surface area contributed by atoms with Gasteiger partial charge in [-0.3, -0.25) is 0 Å². The third kappa shape index (κ3) is 32.0. The van der Waals surface area contributed by atoms with Gasteiger partial charge in [0, 0.05) is 0 Å². The molecule has 0 spiro atoms. The summed E-state index contributed by atoms with van der Waals surface area (Å²) in [5, 5.41) is 0. The van der Waals surface area contributed by atoms with Crippen LogP contribution in [0.2, 0.25) is 0 Å². The van der Waals surface area contributed by atoms with E-state index in [1.807, 2.05) is 0 Å². The Kier molecular flexibility index (Phi) is 21.2. The molecule has 1 aliphatic heterocycles. The Balaban J connectivity index is -0.000000174. The molecule has 0 amide bonds. The largest absolute Gasteiger partial charge is 0.306 e. The molecule has 1 saturated heterocycles. The lowest BCUT2D eigenvalue weighted by Crippen LogP contribution is -2.35. The molecule has 2 fully saturated rings. The van der Waals surface area contributed by atoms with E-state index in [0.717, 1.165) is 11.8 Å². The van der Waals surface area contributed by atoms with Crippen molar-refractivity contribution >= 4 is 0 Å². The van der Waals surface area contributed by atoms with E-state index in [1.54, 1.807) is 0 Å². The molecule has 1 heterocycles. The lowest BCUT2D eigenvalue weighted by Gasteiger charge is -2.37. The van der Waals surface area contributed by atoms with Crippen molar-refractivity contribution in [2.45, 2.75) is 157 Å². The van der Waals surface area contributed by atoms with Crippen LogP contribution in [0.15, 0.2) is 0 Å². The van der Waals surface area contributed by atoms with Gasteiger partial charge in [0.25, 0.3) is 0 Å². The van der Waals surface area contributed by atoms with Crippen molar-refractivity contribution in [3.05, 3.63) is 0 Å². The standard InChI is InChI=1S/C10H21N.C9H18.C6H14.C5H12.2CH4/c1-10(2,3)9-5-7-11(4)8-6-9;1-9(2,3)7-8-5-4-6-8;1-5-6(2,3)4;1-5(2,3)4;;/h9H,5-8H2,1-4H3;8H,4-7H2,1-3H3;5H2,1-4H3;1-4H3;2*1H4. The summed E-state index contributed by atoms with van der Waals surface area (Å²) in [6.45, 7) is 34.4. The summed E-state index contributed by atoms with van der Waals surface area (Å²) < 4.78 is 0. The highest BCUT2D eigenvalue weighted by Gasteiger charge is 2.27. The van der Waals surface area contributed by atoms with Gasteiger partial charge in [-0.1, -0.05) is 137 Å². The van der Waals surface area contributed by atoms with E-state index in [1.165, 1.54) is 58.0 Å². The first-order valence-corrected chi connectivity index (χ1v) is 13.3. The predicted octanol–water partition coefficient (Wildman–Crippen LogP) is 11.4. The summed E-state index contributed by atoms with van der Waals surface area (Å²) in [5.41, 5.74) is 2.15. The first kappa shape index (κ1) is 40.1. The summed E-state index contributed by atoms with van der Waals surface area (Å²) in [6.07, 6.45) is 9.97. The molecule has 206 valence electrons. The van der Waals surface area contributed by atoms with Gasteiger partial charge in [-0.2, -0.15) is 0 Å². The molecule has 1 heteroatoms. The van der Waals surface area contributed by atoms with Crippen LogP contribution in [-0.4, -0.2) is 25.0 Å². The Morgan fingerprint density at radius 1 is 0.636 bits per heavy atom. The fourth-order valence-electron chi connectivity index (χ4n) is 3.44. The second-order valence-corrected chi connectivity index (χ2v) is 15.4. The fraction of sp³-hybridized carbons (Fsp3) is 1.00. The van der Waals surface area contributed by atoms with Gasteiger partial charge < -0.3 is 4.90 Å². The molecule has 0 aromatic carbocycles. The molecule has 0 radical (unpaired) electrons. The third-order valence-corrected chi connectivity index (χ3v) is 6.13. The van der Waals surface area contributed by atoms with Crippen LogP contribution in [0.5, 0.6) is 0 Å². The van der Waals surface area contributed by atoms with Gasteiger partial charge in [0.1, 0.15) is 0 Å². The van der Waals surface area contributed by atoms with Gasteiger partial charge in [0.15, 0.2) is 0 Å². The summed E-state index contributed by atoms with van der Waals surface area (Å²) in [6, 6.07) is 0. The van der Waals surface area contributed by atoms with Crippen molar-refractivity contribution in [3.8, 4) is 0 Å². The van der Waals surface area contributed by atoms with Gasteiger partial charge in [0.05, 0.1) is 0 Å². The normalized spacial score (nSPS) is 17.9. The van der Waals surface area contributed by atoms with Crippen LogP contribution in [0.3, 0.4) is 0 Å². The van der Waals surface area contributed by atoms with E-state index in [4.69, 9.17) is 0 Å². The van der Waals surface area contributed by atoms with Crippen molar-refractivity contribution in [1.29, 1.82) is 0 Å². The quantitative estimate of drug-likeness (QED) is 0.367. The van der Waals surface area contributed by atoms with Gasteiger partial charge in [-0.15, -0.1) is 0 Å². The van der Waals surface area contributed by atoms with Crippen molar-refractivity contribution in [2.24, 2.45) is 33.5 Å². The maximum absolute atomic E-state index is 2.43. The minimum Gasteiger partial charge on any atom is -0.306 e. The molecule has 2 rings (SSSR count). The molecule has 0 aromatic heterocycles. The second-order valence-electron chi connectivity index (χ2n) is 15.4. The molecule has 33 heavy (non-hydrogen) atoms. The van der Waals surface area contributed by atoms with Crippen LogP contribution in [0.25, 0.3) is 0 Å². The van der Waals surface area contributed by atoms with E-state index < -0.39 is 0 Å². The first-order valence-electron chi connectivity index (χ1n) is 13.3. The van der Waals surface area contributed by atoms with Crippen LogP contribution in [0.4, 0.5) is 0 Å². The van der Waals surface area contributed by atoms with Crippen LogP contribution in [-0.2, 0) is 0 Å². The fourth-order valence-corrected chi connectivity index (χ4v) is 3.44. The van der Waals surface area contributed by atoms with E-state index in [-0.39, 0.29) is 14.9 Å². The van der Waals surface area contributed by atoms with Gasteiger partial charge in [-0.25, -0.2) is 0 Å². The van der Waals surface area contributed by atoms with Crippen molar-refractivity contribution < 1.29 is 0 Å². The molecule has 2 aliphatic rings. The number of likely N-dealkylation sites (tertiary alicyclic amines) is 1. The van der Waals surface area contributed by atoms with Crippen molar-refractivity contribution in [2.75, 3.05) is 20.1 Å². The average molecular weight is 472 g/mol. The smallest absolute Gasteiger partial charge is 0.00189 e. The van der Waals surface area contributed by atoms with Gasteiger partial charge in [0.2, 0.25) is 0 Å². The van der Waals surface area contributed by atoms with Crippen LogP contribution < -0.4 is 0 Å². The second kappa shape index (κ2) is 17.4. The minimum atomic E-state index is 0. The molecule has 1 nitrogen and oxygen atoms in total. The number of nitrogens with zero attached hydrogens (tertiary/aromatic N) is 1. The Morgan fingerprint density at radius 3 is 1.12 bits per heavy atom. The molecule has 0 bridgehead atoms. The van der Waals surface area contributed by atoms with Crippen molar-refractivity contribution in [1.82, 2.24) is 4.90 Å². The Labute approximate surface area is 215 Å². The molecular formula is C32H73N. The van der Waals surface area contributed by atoms with E-state index in [2.05, 4.69) is 109 Å². The summed E-state index contributed by atoms with van der Waals surface area (Å²) in [5.74, 6) is 2.02. The minimum absolute atomic E-state index is 0. The Hall–Kier alpha value is -0.0400. The highest BCUT2D eigenvalue weighted by molar-refractivity contribution is 4.79. The Morgan fingerprint density at radius 2 is 0.970 bits per heavy atom. The number of hydrogen-bond donors (Lipinski definition) is 0. The maximum Gasteiger partial charge on any atom is -0.00189 e. The van der Waals surface area contributed by atoms with Crippen LogP contribution >= 0.6 is 0 Å². The van der Waals surface area contributed by atoms with E-state index in [0.29, 0.717) is 21.7 Å². The van der Waals surface area contributed by atoms with Crippen LogP contribution in [0.1, 0.15) is 157 Å². The molecule has 1 aliphatic carbocycles. The molecular weight excluding hydrogens is 398 g/mol. The Bertz CT molecular complexity index is 403. The molecule has 0 unspecified atom stereocenters. The lowest BCUT2D eigenvalue weighted by molar-refractivity contribution is 0.129. The first-order chi connectivity index (χ1) is 13.6. The number of piperidine rings is 1. The molecule has 0 atom stereocenters. The number of rotatable bonds is 1. The zero-order valence-corrected chi connectivity index (χ0v) is 25.0. The highest BCUT2D eigenvalue weighted by atomic mass is 15.1. The summed E-state index contributed by atoms with van der Waals surface area (Å²) in [4.78, 5) is 2.43. The lowest BCUT2D eigenvalue weighted by atomic mass is 9.74. The van der Waals surface area contributed by atoms with E-state index in [9.17, 15) is 0 Å². The van der Waals surface area contributed by atoms with Crippen LogP contribution in [0, 0.1) is 33.5 Å². The molecule has 1 saturated carbocycles. The topological polar surface area (TPSA) is 3.24 Å². The maximum atomic E-state index is 2.43. The third-order valence-electron chi connectivity index (χ3n) is 6.13. The van der Waals surface area contributed by atoms with E-state index >= 15 is 0 Å².